The van der Waals surface area contributed by atoms with E-state index in [0.29, 0.717) is 12.2 Å². The number of rotatable bonds is 6. The van der Waals surface area contributed by atoms with Crippen LogP contribution in [0.25, 0.3) is 0 Å². The first kappa shape index (κ1) is 17.0. The lowest BCUT2D eigenvalue weighted by Crippen LogP contribution is -2.09. The second kappa shape index (κ2) is 7.77. The second-order valence-corrected chi connectivity index (χ2v) is 5.29. The Morgan fingerprint density at radius 2 is 1.91 bits per heavy atom. The van der Waals surface area contributed by atoms with Gasteiger partial charge in [-0.05, 0) is 42.7 Å². The molecule has 0 fully saturated rings. The summed E-state index contributed by atoms with van der Waals surface area (Å²) in [7, 11) is 0. The maximum Gasteiger partial charge on any atom is 0.310 e. The van der Waals surface area contributed by atoms with Gasteiger partial charge in [0.15, 0.2) is 11.6 Å². The van der Waals surface area contributed by atoms with Gasteiger partial charge in [0.1, 0.15) is 12.4 Å². The van der Waals surface area contributed by atoms with Crippen LogP contribution >= 0.6 is 0 Å². The van der Waals surface area contributed by atoms with Crippen molar-refractivity contribution in [3.63, 3.8) is 0 Å². The van der Waals surface area contributed by atoms with E-state index in [2.05, 4.69) is 0 Å². The molecule has 23 heavy (non-hydrogen) atoms. The Hall–Kier alpha value is -2.36. The first-order valence-corrected chi connectivity index (χ1v) is 7.75. The van der Waals surface area contributed by atoms with Gasteiger partial charge in [-0.15, -0.1) is 0 Å². The molecule has 2 rings (SSSR count). The molecule has 4 heteroatoms. The Morgan fingerprint density at radius 3 is 2.57 bits per heavy atom. The summed E-state index contributed by atoms with van der Waals surface area (Å²) in [5, 5.41) is 0. The topological polar surface area (TPSA) is 35.5 Å². The summed E-state index contributed by atoms with van der Waals surface area (Å²) >= 11 is 0. The van der Waals surface area contributed by atoms with E-state index < -0.39 is 0 Å². The SMILES string of the molecule is CCC(=O)Oc1cccc(C)c1COc1ccc(CC)cc1F. The van der Waals surface area contributed by atoms with Crippen LogP contribution in [0.4, 0.5) is 4.39 Å². The number of ether oxygens (including phenoxy) is 2. The highest BCUT2D eigenvalue weighted by molar-refractivity contribution is 5.72. The Morgan fingerprint density at radius 1 is 1.13 bits per heavy atom. The summed E-state index contributed by atoms with van der Waals surface area (Å²) in [4.78, 5) is 11.5. The van der Waals surface area contributed by atoms with Gasteiger partial charge in [-0.1, -0.05) is 32.0 Å². The average Bonchev–Trinajstić information content (AvgIpc) is 2.55. The van der Waals surface area contributed by atoms with Crippen LogP contribution in [0, 0.1) is 12.7 Å². The standard InChI is InChI=1S/C19H21FO3/c1-4-14-9-10-18(16(20)11-14)22-12-15-13(3)7-6-8-17(15)23-19(21)5-2/h6-11H,4-5,12H2,1-3H3. The van der Waals surface area contributed by atoms with E-state index in [1.54, 1.807) is 19.1 Å². The van der Waals surface area contributed by atoms with Crippen LogP contribution in [-0.2, 0) is 17.8 Å². The van der Waals surface area contributed by atoms with Crippen LogP contribution < -0.4 is 9.47 Å². The minimum absolute atomic E-state index is 0.140. The number of carbonyl (C=O) groups is 1. The van der Waals surface area contributed by atoms with E-state index in [1.165, 1.54) is 6.07 Å². The summed E-state index contributed by atoms with van der Waals surface area (Å²) in [5.74, 6) is -0.0407. The molecule has 0 saturated heterocycles. The van der Waals surface area contributed by atoms with Crippen molar-refractivity contribution >= 4 is 5.97 Å². The smallest absolute Gasteiger partial charge is 0.310 e. The van der Waals surface area contributed by atoms with Crippen LogP contribution in [0.1, 0.15) is 37.0 Å². The lowest BCUT2D eigenvalue weighted by molar-refractivity contribution is -0.134. The van der Waals surface area contributed by atoms with E-state index in [4.69, 9.17) is 9.47 Å². The molecule has 0 spiro atoms. The van der Waals surface area contributed by atoms with Crippen molar-refractivity contribution in [1.29, 1.82) is 0 Å². The zero-order valence-electron chi connectivity index (χ0n) is 13.7. The first-order valence-electron chi connectivity index (χ1n) is 7.75. The maximum atomic E-state index is 14.0. The zero-order valence-corrected chi connectivity index (χ0v) is 13.7. The Labute approximate surface area is 136 Å². The van der Waals surface area contributed by atoms with Crippen molar-refractivity contribution < 1.29 is 18.7 Å². The van der Waals surface area contributed by atoms with Gasteiger partial charge in [-0.3, -0.25) is 4.79 Å². The largest absolute Gasteiger partial charge is 0.486 e. The number of benzene rings is 2. The van der Waals surface area contributed by atoms with Gasteiger partial charge in [-0.25, -0.2) is 4.39 Å². The molecule has 0 aliphatic carbocycles. The highest BCUT2D eigenvalue weighted by Gasteiger charge is 2.12. The molecule has 0 bridgehead atoms. The molecule has 0 N–H and O–H groups in total. The predicted molar refractivity (Wildman–Crippen MR) is 87.2 cm³/mol. The highest BCUT2D eigenvalue weighted by atomic mass is 19.1. The normalized spacial score (nSPS) is 10.4. The highest BCUT2D eigenvalue weighted by Crippen LogP contribution is 2.26. The van der Waals surface area contributed by atoms with Crippen molar-refractivity contribution in [2.24, 2.45) is 0 Å². The number of carbonyl (C=O) groups excluding carboxylic acids is 1. The Balaban J connectivity index is 2.18. The summed E-state index contributed by atoms with van der Waals surface area (Å²) < 4.78 is 24.9. The molecular formula is C19H21FO3. The molecule has 122 valence electrons. The van der Waals surface area contributed by atoms with Crippen LogP contribution in [0.3, 0.4) is 0 Å². The lowest BCUT2D eigenvalue weighted by Gasteiger charge is -2.14. The Bertz CT molecular complexity index is 695. The number of hydrogen-bond acceptors (Lipinski definition) is 3. The number of hydrogen-bond donors (Lipinski definition) is 0. The van der Waals surface area contributed by atoms with E-state index in [1.807, 2.05) is 32.0 Å². The summed E-state index contributed by atoms with van der Waals surface area (Å²) in [5.41, 5.74) is 2.59. The molecule has 0 aliphatic heterocycles. The van der Waals surface area contributed by atoms with Crippen molar-refractivity contribution in [3.8, 4) is 11.5 Å². The molecule has 0 aliphatic rings. The lowest BCUT2D eigenvalue weighted by atomic mass is 10.1. The van der Waals surface area contributed by atoms with Crippen LogP contribution in [0.15, 0.2) is 36.4 Å². The molecule has 0 atom stereocenters. The van der Waals surface area contributed by atoms with Crippen molar-refractivity contribution in [3.05, 3.63) is 58.9 Å². The molecule has 0 amide bonds. The van der Waals surface area contributed by atoms with E-state index in [-0.39, 0.29) is 24.1 Å². The fourth-order valence-electron chi connectivity index (χ4n) is 2.18. The first-order chi connectivity index (χ1) is 11.0. The average molecular weight is 316 g/mol. The fourth-order valence-corrected chi connectivity index (χ4v) is 2.18. The molecule has 2 aromatic rings. The second-order valence-electron chi connectivity index (χ2n) is 5.29. The quantitative estimate of drug-likeness (QED) is 0.577. The summed E-state index contributed by atoms with van der Waals surface area (Å²) in [6.07, 6.45) is 1.06. The van der Waals surface area contributed by atoms with Gasteiger partial charge in [-0.2, -0.15) is 0 Å². The van der Waals surface area contributed by atoms with Gasteiger partial charge >= 0.3 is 5.97 Å². The van der Waals surface area contributed by atoms with Gasteiger partial charge in [0.25, 0.3) is 0 Å². The zero-order chi connectivity index (χ0) is 16.8. The molecule has 3 nitrogen and oxygen atoms in total. The summed E-state index contributed by atoms with van der Waals surface area (Å²) in [6, 6.07) is 10.4. The van der Waals surface area contributed by atoms with Crippen LogP contribution in [0.2, 0.25) is 0 Å². The molecule has 0 unspecified atom stereocenters. The monoisotopic (exact) mass is 316 g/mol. The van der Waals surface area contributed by atoms with Crippen molar-refractivity contribution in [2.75, 3.05) is 0 Å². The predicted octanol–water partition coefficient (Wildman–Crippen LogP) is 4.59. The number of halogens is 1. The van der Waals surface area contributed by atoms with Crippen LogP contribution in [-0.4, -0.2) is 5.97 Å². The van der Waals surface area contributed by atoms with Crippen LogP contribution in [0.5, 0.6) is 11.5 Å². The maximum absolute atomic E-state index is 14.0. The van der Waals surface area contributed by atoms with Crippen molar-refractivity contribution in [2.45, 2.75) is 40.2 Å². The van der Waals surface area contributed by atoms with Gasteiger partial charge in [0, 0.05) is 12.0 Å². The van der Waals surface area contributed by atoms with E-state index >= 15 is 0 Å². The molecular weight excluding hydrogens is 295 g/mol. The third kappa shape index (κ3) is 4.31. The third-order valence-corrected chi connectivity index (χ3v) is 3.66. The minimum atomic E-state index is -0.384. The fraction of sp³-hybridized carbons (Fsp3) is 0.316. The van der Waals surface area contributed by atoms with Gasteiger partial charge in [0.05, 0.1) is 0 Å². The van der Waals surface area contributed by atoms with Crippen molar-refractivity contribution in [1.82, 2.24) is 0 Å². The molecule has 0 heterocycles. The number of esters is 1. The van der Waals surface area contributed by atoms with E-state index in [9.17, 15) is 9.18 Å². The van der Waals surface area contributed by atoms with Gasteiger partial charge in [0.2, 0.25) is 0 Å². The summed E-state index contributed by atoms with van der Waals surface area (Å²) in [6.45, 7) is 5.75. The van der Waals surface area contributed by atoms with Gasteiger partial charge < -0.3 is 9.47 Å². The minimum Gasteiger partial charge on any atom is -0.486 e. The van der Waals surface area contributed by atoms with E-state index in [0.717, 1.165) is 23.1 Å². The number of aryl methyl sites for hydroxylation is 2. The Kier molecular flexibility index (Phi) is 5.74. The molecule has 0 aromatic heterocycles. The molecule has 2 aromatic carbocycles. The molecule has 0 saturated carbocycles. The third-order valence-electron chi connectivity index (χ3n) is 3.66. The molecule has 0 radical (unpaired) electrons.